The normalized spacial score (nSPS) is 14.5. The largest absolute Gasteiger partial charge is 0.309 e. The van der Waals surface area contributed by atoms with E-state index in [1.165, 1.54) is 77.2 Å². The average molecular weight is 1120 g/mol. The molecular weight excluding hydrogens is 1060 g/mol. The van der Waals surface area contributed by atoms with Gasteiger partial charge in [0.1, 0.15) is 6.04 Å². The monoisotopic (exact) mass is 1120 g/mol. The summed E-state index contributed by atoms with van der Waals surface area (Å²) in [4.78, 5) is 11.7. The number of rotatable bonds is 10. The molecule has 4 heteroatoms. The Morgan fingerprint density at radius 3 is 1.10 bits per heavy atom. The van der Waals surface area contributed by atoms with Gasteiger partial charge in [0.05, 0.1) is 39.2 Å². The molecule has 412 valence electrons. The molecule has 0 saturated heterocycles. The molecule has 0 N–H and O–H groups in total. The van der Waals surface area contributed by atoms with Gasteiger partial charge in [0.15, 0.2) is 0 Å². The third-order valence-corrected chi connectivity index (χ3v) is 18.1. The first-order valence-corrected chi connectivity index (χ1v) is 30.4. The minimum Gasteiger partial charge on any atom is -0.309 e. The number of hydrogen-bond acceptors (Lipinski definition) is 2. The summed E-state index contributed by atoms with van der Waals surface area (Å²) in [5.41, 5.74) is 26.9. The third-order valence-electron chi connectivity index (χ3n) is 18.1. The second-order valence-corrected chi connectivity index (χ2v) is 23.2. The molecule has 12 aromatic carbocycles. The molecule has 15 aromatic rings. The summed E-state index contributed by atoms with van der Waals surface area (Å²) >= 11 is 0. The summed E-state index contributed by atoms with van der Waals surface area (Å²) in [6, 6.07) is 112. The molecule has 4 heterocycles. The molecular formula is C84H56N4. The van der Waals surface area contributed by atoms with Crippen molar-refractivity contribution in [1.82, 2.24) is 14.1 Å². The van der Waals surface area contributed by atoms with Crippen molar-refractivity contribution in [3.63, 3.8) is 0 Å². The molecule has 2 atom stereocenters. The highest BCUT2D eigenvalue weighted by atomic mass is 15.0. The van der Waals surface area contributed by atoms with Crippen LogP contribution in [0.1, 0.15) is 28.4 Å². The van der Waals surface area contributed by atoms with E-state index >= 15 is 0 Å². The lowest BCUT2D eigenvalue weighted by Crippen LogP contribution is -2.23. The minimum absolute atomic E-state index is 0.0614. The van der Waals surface area contributed by atoms with E-state index in [1.807, 2.05) is 0 Å². The number of aliphatic imine (C=N–C) groups is 1. The van der Waals surface area contributed by atoms with E-state index in [-0.39, 0.29) is 12.0 Å². The Bertz CT molecular complexity index is 5100. The predicted octanol–water partition coefficient (Wildman–Crippen LogP) is 21.5. The van der Waals surface area contributed by atoms with E-state index in [1.54, 1.807) is 0 Å². The number of fused-ring (bicyclic) bond motifs is 9. The molecule has 2 aliphatic rings. The summed E-state index contributed by atoms with van der Waals surface area (Å²) in [6.45, 7) is 0. The molecule has 17 rings (SSSR count). The van der Waals surface area contributed by atoms with Crippen LogP contribution in [-0.2, 0) is 0 Å². The van der Waals surface area contributed by atoms with E-state index in [0.717, 1.165) is 78.4 Å². The number of aromatic nitrogens is 3. The Balaban J connectivity index is 0.821. The van der Waals surface area contributed by atoms with E-state index in [2.05, 4.69) is 337 Å². The molecule has 0 saturated carbocycles. The van der Waals surface area contributed by atoms with Crippen molar-refractivity contribution in [3.8, 4) is 78.3 Å². The van der Waals surface area contributed by atoms with E-state index < -0.39 is 0 Å². The highest BCUT2D eigenvalue weighted by Gasteiger charge is 2.36. The maximum atomic E-state index is 5.90. The Morgan fingerprint density at radius 1 is 0.295 bits per heavy atom. The maximum absolute atomic E-state index is 5.90. The van der Waals surface area contributed by atoms with Gasteiger partial charge >= 0.3 is 0 Å². The quantitative estimate of drug-likeness (QED) is 0.134. The molecule has 0 fully saturated rings. The van der Waals surface area contributed by atoms with Gasteiger partial charge in [-0.05, 0) is 152 Å². The number of benzene rings is 12. The van der Waals surface area contributed by atoms with Gasteiger partial charge in [0.25, 0.3) is 0 Å². The molecule has 0 spiro atoms. The van der Waals surface area contributed by atoms with Gasteiger partial charge in [-0.25, -0.2) is 4.98 Å². The molecule has 88 heavy (non-hydrogen) atoms. The van der Waals surface area contributed by atoms with Gasteiger partial charge in [0, 0.05) is 55.5 Å². The first-order valence-electron chi connectivity index (χ1n) is 30.4. The first-order chi connectivity index (χ1) is 43.6. The molecule has 1 aliphatic carbocycles. The number of allylic oxidation sites excluding steroid dienone is 1. The summed E-state index contributed by atoms with van der Waals surface area (Å²) in [5, 5.41) is 4.83. The minimum atomic E-state index is -0.319. The van der Waals surface area contributed by atoms with Crippen LogP contribution in [-0.4, -0.2) is 19.8 Å². The molecule has 0 bridgehead atoms. The summed E-state index contributed by atoms with van der Waals surface area (Å²) in [5.74, 6) is -0.0614. The number of hydrogen-bond donors (Lipinski definition) is 0. The molecule has 1 aliphatic heterocycles. The highest BCUT2D eigenvalue weighted by Crippen LogP contribution is 2.49. The van der Waals surface area contributed by atoms with Crippen LogP contribution in [0.3, 0.4) is 0 Å². The SMILES string of the molecule is C1=CC2C(c3ccccc3)=CC(c3cccc(-n4c5ccc(-c6ccccc6)cc5c5cc(-c6ccccc6)ccc54)c3)=NC2c2nc(-c3cccc(-n4c5ccc(-c6ccccc6)cc5c5cc(-c6ccccc6)ccc54)c3)cc(-c3ccccc3)c21. The lowest BCUT2D eigenvalue weighted by Gasteiger charge is -2.33. The van der Waals surface area contributed by atoms with Crippen LogP contribution in [0, 0.1) is 5.92 Å². The molecule has 4 nitrogen and oxygen atoms in total. The van der Waals surface area contributed by atoms with Crippen LogP contribution in [0.4, 0.5) is 0 Å². The van der Waals surface area contributed by atoms with Crippen molar-refractivity contribution in [2.24, 2.45) is 10.9 Å². The standard InChI is InChI=1S/C84H56N4/c1-7-21-55(22-8-1)61-37-43-79-73(49-61)74-50-62(56-23-9-2-10-24-56)38-44-80(74)87(79)67-35-19-33-65(47-67)77-53-71(59-29-15-5-16-30-59)69-41-42-70-72(60-31-17-6-18-32-60)54-78(86-84(70)83(69)85-77)66-34-20-36-68(48-66)88-81-45-39-63(57-25-11-3-12-26-57)51-75(81)76-52-64(40-46-82(76)88)58-27-13-4-14-28-58/h1-54,69,83H. The molecule has 2 unspecified atom stereocenters. The van der Waals surface area contributed by atoms with Crippen LogP contribution < -0.4 is 0 Å². The summed E-state index contributed by atoms with van der Waals surface area (Å²) in [7, 11) is 0. The van der Waals surface area contributed by atoms with E-state index in [4.69, 9.17) is 9.98 Å². The second-order valence-electron chi connectivity index (χ2n) is 23.2. The zero-order valence-corrected chi connectivity index (χ0v) is 48.1. The molecule has 3 aromatic heterocycles. The van der Waals surface area contributed by atoms with Gasteiger partial charge in [0.2, 0.25) is 0 Å². The predicted molar refractivity (Wildman–Crippen MR) is 368 cm³/mol. The second kappa shape index (κ2) is 21.2. The summed E-state index contributed by atoms with van der Waals surface area (Å²) in [6.07, 6.45) is 7.01. The van der Waals surface area contributed by atoms with Crippen LogP contribution in [0.5, 0.6) is 0 Å². The fraction of sp³-hybridized carbons (Fsp3) is 0.0238. The van der Waals surface area contributed by atoms with Crippen molar-refractivity contribution >= 4 is 61.0 Å². The number of nitrogens with zero attached hydrogens (tertiary/aromatic N) is 4. The van der Waals surface area contributed by atoms with Crippen LogP contribution in [0.15, 0.2) is 327 Å². The Kier molecular flexibility index (Phi) is 12.3. The van der Waals surface area contributed by atoms with Gasteiger partial charge in [-0.2, -0.15) is 0 Å². The van der Waals surface area contributed by atoms with Crippen molar-refractivity contribution in [1.29, 1.82) is 0 Å². The maximum Gasteiger partial charge on any atom is 0.104 e. The van der Waals surface area contributed by atoms with Gasteiger partial charge in [-0.15, -0.1) is 0 Å². The van der Waals surface area contributed by atoms with Gasteiger partial charge in [-0.3, -0.25) is 4.99 Å². The summed E-state index contributed by atoms with van der Waals surface area (Å²) < 4.78 is 4.86. The van der Waals surface area contributed by atoms with E-state index in [9.17, 15) is 0 Å². The third kappa shape index (κ3) is 8.84. The van der Waals surface area contributed by atoms with Crippen LogP contribution >= 0.6 is 0 Å². The lowest BCUT2D eigenvalue weighted by atomic mass is 9.76. The highest BCUT2D eigenvalue weighted by molar-refractivity contribution is 6.16. The van der Waals surface area contributed by atoms with Crippen LogP contribution in [0.2, 0.25) is 0 Å². The smallest absolute Gasteiger partial charge is 0.104 e. The zero-order chi connectivity index (χ0) is 58.1. The Morgan fingerprint density at radius 2 is 0.670 bits per heavy atom. The van der Waals surface area contributed by atoms with Crippen molar-refractivity contribution < 1.29 is 0 Å². The van der Waals surface area contributed by atoms with Gasteiger partial charge < -0.3 is 9.13 Å². The van der Waals surface area contributed by atoms with Crippen molar-refractivity contribution in [2.75, 3.05) is 0 Å². The molecule has 0 radical (unpaired) electrons. The van der Waals surface area contributed by atoms with Crippen LogP contribution in [0.25, 0.3) is 134 Å². The number of dihydropyridines is 1. The average Bonchev–Trinajstić information content (AvgIpc) is 2.10. The molecule has 0 amide bonds. The van der Waals surface area contributed by atoms with Gasteiger partial charge in [-0.1, -0.05) is 243 Å². The van der Waals surface area contributed by atoms with Crippen molar-refractivity contribution in [3.05, 3.63) is 344 Å². The lowest BCUT2D eigenvalue weighted by molar-refractivity contribution is 0.606. The van der Waals surface area contributed by atoms with E-state index in [0.29, 0.717) is 0 Å². The Labute approximate surface area is 511 Å². The Hall–Kier alpha value is -11.5. The fourth-order valence-electron chi connectivity index (χ4n) is 13.8. The zero-order valence-electron chi connectivity index (χ0n) is 48.1. The fourth-order valence-corrected chi connectivity index (χ4v) is 13.8. The van der Waals surface area contributed by atoms with Crippen molar-refractivity contribution in [2.45, 2.75) is 6.04 Å². The first kappa shape index (κ1) is 51.0. The topological polar surface area (TPSA) is 35.1 Å². The number of pyridine rings is 1.